The lowest BCUT2D eigenvalue weighted by Gasteiger charge is -2.21. The van der Waals surface area contributed by atoms with Crippen molar-refractivity contribution >= 4 is 0 Å². The van der Waals surface area contributed by atoms with E-state index in [-0.39, 0.29) is 12.4 Å². The van der Waals surface area contributed by atoms with Gasteiger partial charge in [-0.2, -0.15) is 4.84 Å². The quantitative estimate of drug-likeness (QED) is 0.709. The van der Waals surface area contributed by atoms with Crippen LogP contribution in [0, 0.1) is 4.91 Å². The fraction of sp³-hybridized carbons (Fsp3) is 0.333. The molecule has 0 aromatic heterocycles. The van der Waals surface area contributed by atoms with Crippen LogP contribution in [0.1, 0.15) is 5.56 Å². The van der Waals surface area contributed by atoms with E-state index >= 15 is 0 Å². The van der Waals surface area contributed by atoms with Crippen molar-refractivity contribution < 1.29 is 25.0 Å². The molecule has 0 saturated heterocycles. The Kier molecular flexibility index (Phi) is 2.32. The lowest BCUT2D eigenvalue weighted by atomic mass is 10.0. The number of aromatic hydroxyl groups is 1. The maximum absolute atomic E-state index is 10.2. The molecule has 1 aromatic rings. The van der Waals surface area contributed by atoms with Gasteiger partial charge >= 0.3 is 5.09 Å². The van der Waals surface area contributed by atoms with E-state index in [1.165, 1.54) is 6.07 Å². The third-order valence-corrected chi connectivity index (χ3v) is 2.18. The Hall–Kier alpha value is -1.98. The van der Waals surface area contributed by atoms with Crippen molar-refractivity contribution in [2.75, 3.05) is 6.61 Å². The van der Waals surface area contributed by atoms with Gasteiger partial charge in [0.1, 0.15) is 11.5 Å². The van der Waals surface area contributed by atoms with Crippen molar-refractivity contribution in [3.05, 3.63) is 28.7 Å². The fourth-order valence-electron chi connectivity index (χ4n) is 1.57. The highest BCUT2D eigenvalue weighted by Gasteiger charge is 2.28. The van der Waals surface area contributed by atoms with Crippen LogP contribution in [0.5, 0.6) is 11.5 Å². The summed E-state index contributed by atoms with van der Waals surface area (Å²) in [4.78, 5) is 14.8. The number of fused-ring (bicyclic) bond motifs is 1. The van der Waals surface area contributed by atoms with E-state index in [9.17, 15) is 10.0 Å². The molecule has 0 aliphatic carbocycles. The number of nitrogens with zero attached hydrogens (tertiary/aromatic N) is 1. The van der Waals surface area contributed by atoms with E-state index < -0.39 is 11.2 Å². The zero-order chi connectivity index (χ0) is 10.8. The molecule has 80 valence electrons. The number of ether oxygens (including phenoxy) is 1. The van der Waals surface area contributed by atoms with Gasteiger partial charge in [0, 0.05) is 12.0 Å². The summed E-state index contributed by atoms with van der Waals surface area (Å²) in [5.41, 5.74) is 0.744. The zero-order valence-electron chi connectivity index (χ0n) is 7.79. The maximum atomic E-state index is 10.2. The normalized spacial score (nSPS) is 18.8. The predicted octanol–water partition coefficient (Wildman–Crippen LogP) is 0.795. The second-order valence-electron chi connectivity index (χ2n) is 3.25. The molecular formula is C9H10NO5+. The van der Waals surface area contributed by atoms with Crippen molar-refractivity contribution in [2.45, 2.75) is 12.5 Å². The summed E-state index contributed by atoms with van der Waals surface area (Å²) in [7, 11) is 0. The van der Waals surface area contributed by atoms with E-state index in [4.69, 9.17) is 9.94 Å². The highest BCUT2D eigenvalue weighted by Crippen LogP contribution is 2.34. The van der Waals surface area contributed by atoms with Crippen LogP contribution in [0.4, 0.5) is 0 Å². The van der Waals surface area contributed by atoms with Gasteiger partial charge in [-0.3, -0.25) is 0 Å². The number of para-hydroxylation sites is 1. The largest absolute Gasteiger partial charge is 0.504 e. The third kappa shape index (κ3) is 1.93. The van der Waals surface area contributed by atoms with Gasteiger partial charge in [0.25, 0.3) is 0 Å². The van der Waals surface area contributed by atoms with Crippen LogP contribution in [0.3, 0.4) is 0 Å². The molecular weight excluding hydrogens is 202 g/mol. The van der Waals surface area contributed by atoms with Crippen molar-refractivity contribution in [2.24, 2.45) is 0 Å². The first-order chi connectivity index (χ1) is 7.16. The third-order valence-electron chi connectivity index (χ3n) is 2.18. The van der Waals surface area contributed by atoms with Gasteiger partial charge in [-0.1, -0.05) is 12.1 Å². The van der Waals surface area contributed by atoms with Gasteiger partial charge in [-0.25, -0.2) is 5.21 Å². The first-order valence-electron chi connectivity index (χ1n) is 4.43. The van der Waals surface area contributed by atoms with Gasteiger partial charge < -0.3 is 9.84 Å². The minimum Gasteiger partial charge on any atom is -0.504 e. The summed E-state index contributed by atoms with van der Waals surface area (Å²) in [6, 6.07) is 4.96. The number of benzene rings is 1. The van der Waals surface area contributed by atoms with Crippen molar-refractivity contribution in [1.29, 1.82) is 0 Å². The Morgan fingerprint density at radius 3 is 3.07 bits per heavy atom. The van der Waals surface area contributed by atoms with Gasteiger partial charge in [0.15, 0.2) is 11.5 Å². The molecule has 0 saturated carbocycles. The highest BCUT2D eigenvalue weighted by molar-refractivity contribution is 5.46. The molecule has 0 radical (unpaired) electrons. The number of hydrogen-bond acceptors (Lipinski definition) is 4. The Balaban J connectivity index is 2.17. The highest BCUT2D eigenvalue weighted by atomic mass is 17.0. The predicted molar refractivity (Wildman–Crippen MR) is 47.6 cm³/mol. The van der Waals surface area contributed by atoms with Gasteiger partial charge in [0.05, 0.1) is 0 Å². The fourth-order valence-corrected chi connectivity index (χ4v) is 1.57. The molecule has 0 bridgehead atoms. The molecule has 1 aliphatic rings. The van der Waals surface area contributed by atoms with Crippen LogP contribution < -0.4 is 4.74 Å². The number of hydrogen-bond donors (Lipinski definition) is 2. The van der Waals surface area contributed by atoms with E-state index in [2.05, 4.69) is 4.84 Å². The molecule has 0 fully saturated rings. The Bertz CT molecular complexity index is 392. The molecule has 0 spiro atoms. The lowest BCUT2D eigenvalue weighted by Crippen LogP contribution is -2.31. The molecule has 1 unspecified atom stereocenters. The topological polar surface area (TPSA) is 79.0 Å². The lowest BCUT2D eigenvalue weighted by molar-refractivity contribution is -0.981. The molecule has 6 heteroatoms. The molecule has 6 nitrogen and oxygen atoms in total. The van der Waals surface area contributed by atoms with Crippen molar-refractivity contribution in [3.8, 4) is 11.5 Å². The summed E-state index contributed by atoms with van der Waals surface area (Å²) in [5, 5.41) is 17.2. The van der Waals surface area contributed by atoms with Crippen molar-refractivity contribution in [3.63, 3.8) is 0 Å². The standard InChI is InChI=1S/C9H9NO5/c11-8-3-1-2-6-4-7(15-10(12)13)5-14-9(6)8/h1-3,7H,4-5H2,(H-,11,12,13)/p+1. The minimum atomic E-state index is -0.582. The van der Waals surface area contributed by atoms with E-state index in [1.54, 1.807) is 12.1 Å². The summed E-state index contributed by atoms with van der Waals surface area (Å²) in [6.07, 6.45) is -0.134. The second kappa shape index (κ2) is 3.64. The molecule has 2 rings (SSSR count). The smallest absolute Gasteiger partial charge is 0.475 e. The summed E-state index contributed by atoms with van der Waals surface area (Å²) >= 11 is 0. The van der Waals surface area contributed by atoms with Gasteiger partial charge in [-0.05, 0) is 6.07 Å². The first kappa shape index (κ1) is 9.57. The summed E-state index contributed by atoms with van der Waals surface area (Å²) < 4.78 is 5.22. The van der Waals surface area contributed by atoms with Crippen LogP contribution in [0.25, 0.3) is 0 Å². The van der Waals surface area contributed by atoms with Crippen LogP contribution in [-0.4, -0.2) is 28.1 Å². The number of rotatable bonds is 2. The Morgan fingerprint density at radius 1 is 1.53 bits per heavy atom. The van der Waals surface area contributed by atoms with Gasteiger partial charge in [0.2, 0.25) is 6.10 Å². The van der Waals surface area contributed by atoms with Crippen LogP contribution >= 0.6 is 0 Å². The molecule has 1 aliphatic heterocycles. The molecule has 1 atom stereocenters. The maximum Gasteiger partial charge on any atom is 0.475 e. The molecule has 0 amide bonds. The monoisotopic (exact) mass is 212 g/mol. The van der Waals surface area contributed by atoms with Crippen LogP contribution in [0.15, 0.2) is 18.2 Å². The molecule has 15 heavy (non-hydrogen) atoms. The number of phenolic OH excluding ortho intramolecular Hbond substituents is 1. The van der Waals surface area contributed by atoms with Gasteiger partial charge in [-0.15, -0.1) is 0 Å². The SMILES string of the molecule is O=[N+](O)OC1COc2c(O)cccc2C1. The average Bonchev–Trinajstić information content (AvgIpc) is 2.17. The van der Waals surface area contributed by atoms with Crippen LogP contribution in [-0.2, 0) is 11.3 Å². The molecule has 1 aromatic carbocycles. The van der Waals surface area contributed by atoms with E-state index in [1.807, 2.05) is 0 Å². The summed E-state index contributed by atoms with van der Waals surface area (Å²) in [5.74, 6) is 0.474. The van der Waals surface area contributed by atoms with E-state index in [0.29, 0.717) is 12.2 Å². The molecule has 1 heterocycles. The first-order valence-corrected chi connectivity index (χ1v) is 4.43. The van der Waals surface area contributed by atoms with Crippen molar-refractivity contribution in [1.82, 2.24) is 0 Å². The molecule has 2 N–H and O–H groups in total. The van der Waals surface area contributed by atoms with E-state index in [0.717, 1.165) is 5.56 Å². The number of phenols is 1. The minimum absolute atomic E-state index is 0.0638. The Labute approximate surface area is 85.1 Å². The average molecular weight is 212 g/mol. The second-order valence-corrected chi connectivity index (χ2v) is 3.25. The summed E-state index contributed by atoms with van der Waals surface area (Å²) in [6.45, 7) is 0.115. The Morgan fingerprint density at radius 2 is 2.33 bits per heavy atom. The van der Waals surface area contributed by atoms with Crippen LogP contribution in [0.2, 0.25) is 0 Å². The zero-order valence-corrected chi connectivity index (χ0v) is 7.79.